The number of Topliss-reactive ketones (excluding diaryl/α,β-unsaturated/α-hetero) is 1. The number of rotatable bonds is 2. The number of ether oxygens (including phenoxy) is 1. The maximum absolute atomic E-state index is 12.1. The van der Waals surface area contributed by atoms with Crippen LogP contribution in [-0.2, 0) is 17.6 Å². The Kier molecular flexibility index (Phi) is 3.33. The Labute approximate surface area is 117 Å². The fourth-order valence-electron chi connectivity index (χ4n) is 2.39. The van der Waals surface area contributed by atoms with Gasteiger partial charge in [0.05, 0.1) is 5.56 Å². The van der Waals surface area contributed by atoms with Gasteiger partial charge >= 0.3 is 5.97 Å². The molecule has 20 heavy (non-hydrogen) atoms. The zero-order chi connectivity index (χ0) is 13.9. The van der Waals surface area contributed by atoms with Crippen LogP contribution in [0.5, 0.6) is 5.75 Å². The molecule has 0 heterocycles. The SMILES string of the molecule is O=C1CCc2cc(C(=O)Oc3ccccc3)ccc2C1. The summed E-state index contributed by atoms with van der Waals surface area (Å²) < 4.78 is 5.31. The predicted octanol–water partition coefficient (Wildman–Crippen LogP) is 2.96. The van der Waals surface area contributed by atoms with E-state index in [0.29, 0.717) is 30.6 Å². The molecule has 0 bridgehead atoms. The Morgan fingerprint density at radius 2 is 1.75 bits per heavy atom. The average molecular weight is 266 g/mol. The fraction of sp³-hybridized carbons (Fsp3) is 0.176. The van der Waals surface area contributed by atoms with Crippen molar-refractivity contribution in [2.45, 2.75) is 19.3 Å². The third-order valence-electron chi connectivity index (χ3n) is 3.46. The van der Waals surface area contributed by atoms with Crippen molar-refractivity contribution in [2.24, 2.45) is 0 Å². The van der Waals surface area contributed by atoms with Crippen LogP contribution in [0.15, 0.2) is 48.5 Å². The minimum atomic E-state index is -0.365. The van der Waals surface area contributed by atoms with Crippen LogP contribution in [0.2, 0.25) is 0 Å². The van der Waals surface area contributed by atoms with Gasteiger partial charge in [-0.1, -0.05) is 24.3 Å². The lowest BCUT2D eigenvalue weighted by atomic mass is 9.89. The molecule has 0 aliphatic heterocycles. The molecule has 3 heteroatoms. The third-order valence-corrected chi connectivity index (χ3v) is 3.46. The smallest absolute Gasteiger partial charge is 0.343 e. The molecular formula is C17H14O3. The van der Waals surface area contributed by atoms with Gasteiger partial charge in [-0.25, -0.2) is 4.79 Å². The molecule has 1 aliphatic rings. The van der Waals surface area contributed by atoms with Crippen LogP contribution in [0, 0.1) is 0 Å². The van der Waals surface area contributed by atoms with Gasteiger partial charge in [-0.3, -0.25) is 4.79 Å². The predicted molar refractivity (Wildman–Crippen MR) is 74.9 cm³/mol. The van der Waals surface area contributed by atoms with Crippen molar-refractivity contribution in [3.8, 4) is 5.75 Å². The number of aryl methyl sites for hydroxylation is 1. The third kappa shape index (κ3) is 2.62. The molecule has 100 valence electrons. The largest absolute Gasteiger partial charge is 0.423 e. The number of esters is 1. The fourth-order valence-corrected chi connectivity index (χ4v) is 2.39. The molecule has 0 atom stereocenters. The van der Waals surface area contributed by atoms with Gasteiger partial charge in [0.1, 0.15) is 11.5 Å². The lowest BCUT2D eigenvalue weighted by molar-refractivity contribution is -0.118. The maximum Gasteiger partial charge on any atom is 0.343 e. The van der Waals surface area contributed by atoms with Crippen molar-refractivity contribution in [2.75, 3.05) is 0 Å². The van der Waals surface area contributed by atoms with E-state index < -0.39 is 0 Å². The van der Waals surface area contributed by atoms with E-state index in [2.05, 4.69) is 0 Å². The van der Waals surface area contributed by atoms with Crippen LogP contribution in [0.1, 0.15) is 27.9 Å². The van der Waals surface area contributed by atoms with Crippen molar-refractivity contribution < 1.29 is 14.3 Å². The topological polar surface area (TPSA) is 43.4 Å². The highest BCUT2D eigenvalue weighted by Gasteiger charge is 2.18. The number of benzene rings is 2. The van der Waals surface area contributed by atoms with Gasteiger partial charge in [0.25, 0.3) is 0 Å². The minimum Gasteiger partial charge on any atom is -0.423 e. The average Bonchev–Trinajstić information content (AvgIpc) is 2.47. The van der Waals surface area contributed by atoms with Crippen molar-refractivity contribution >= 4 is 11.8 Å². The Morgan fingerprint density at radius 3 is 2.55 bits per heavy atom. The molecule has 0 N–H and O–H groups in total. The van der Waals surface area contributed by atoms with E-state index in [4.69, 9.17) is 4.74 Å². The highest BCUT2D eigenvalue weighted by molar-refractivity contribution is 5.92. The van der Waals surface area contributed by atoms with Gasteiger partial charge in [-0.2, -0.15) is 0 Å². The van der Waals surface area contributed by atoms with E-state index in [9.17, 15) is 9.59 Å². The second kappa shape index (κ2) is 5.29. The van der Waals surface area contributed by atoms with E-state index in [1.54, 1.807) is 18.2 Å². The van der Waals surface area contributed by atoms with Gasteiger partial charge in [0, 0.05) is 12.8 Å². The zero-order valence-corrected chi connectivity index (χ0v) is 11.0. The summed E-state index contributed by atoms with van der Waals surface area (Å²) in [5.74, 6) is 0.429. The minimum absolute atomic E-state index is 0.261. The second-order valence-electron chi connectivity index (χ2n) is 4.90. The molecule has 2 aromatic rings. The molecule has 0 saturated carbocycles. The van der Waals surface area contributed by atoms with Gasteiger partial charge in [0.15, 0.2) is 0 Å². The lowest BCUT2D eigenvalue weighted by Crippen LogP contribution is -2.15. The van der Waals surface area contributed by atoms with E-state index in [-0.39, 0.29) is 11.8 Å². The van der Waals surface area contributed by atoms with Crippen LogP contribution in [0.4, 0.5) is 0 Å². The molecule has 0 saturated heterocycles. The monoisotopic (exact) mass is 266 g/mol. The first-order chi connectivity index (χ1) is 9.72. The summed E-state index contributed by atoms with van der Waals surface area (Å²) in [6, 6.07) is 14.4. The molecule has 0 aromatic heterocycles. The molecular weight excluding hydrogens is 252 g/mol. The molecule has 0 unspecified atom stereocenters. The molecule has 2 aromatic carbocycles. The first-order valence-corrected chi connectivity index (χ1v) is 6.63. The highest BCUT2D eigenvalue weighted by Crippen LogP contribution is 2.21. The normalized spacial score (nSPS) is 13.7. The Bertz CT molecular complexity index is 659. The van der Waals surface area contributed by atoms with Crippen molar-refractivity contribution in [3.05, 3.63) is 65.2 Å². The number of hydrogen-bond donors (Lipinski definition) is 0. The number of para-hydroxylation sites is 1. The summed E-state index contributed by atoms with van der Waals surface area (Å²) in [6.07, 6.45) is 1.74. The van der Waals surface area contributed by atoms with Crippen LogP contribution >= 0.6 is 0 Å². The molecule has 3 nitrogen and oxygen atoms in total. The number of carbonyl (C=O) groups is 2. The van der Waals surface area contributed by atoms with E-state index in [1.165, 1.54) is 0 Å². The first kappa shape index (κ1) is 12.6. The standard InChI is InChI=1S/C17H14O3/c18-15-9-8-12-10-14(7-6-13(12)11-15)17(19)20-16-4-2-1-3-5-16/h1-7,10H,8-9,11H2. The van der Waals surface area contributed by atoms with Crippen molar-refractivity contribution in [1.82, 2.24) is 0 Å². The number of ketones is 1. The Hall–Kier alpha value is -2.42. The Balaban J connectivity index is 1.81. The van der Waals surface area contributed by atoms with Crippen LogP contribution in [0.3, 0.4) is 0 Å². The molecule has 0 amide bonds. The molecule has 0 fully saturated rings. The second-order valence-corrected chi connectivity index (χ2v) is 4.90. The van der Waals surface area contributed by atoms with Crippen LogP contribution in [0.25, 0.3) is 0 Å². The maximum atomic E-state index is 12.1. The molecule has 1 aliphatic carbocycles. The number of hydrogen-bond acceptors (Lipinski definition) is 3. The number of fused-ring (bicyclic) bond motifs is 1. The van der Waals surface area contributed by atoms with Gasteiger partial charge in [0.2, 0.25) is 0 Å². The van der Waals surface area contributed by atoms with Gasteiger partial charge < -0.3 is 4.74 Å². The van der Waals surface area contributed by atoms with Crippen molar-refractivity contribution in [1.29, 1.82) is 0 Å². The van der Waals surface area contributed by atoms with Gasteiger partial charge in [-0.15, -0.1) is 0 Å². The van der Waals surface area contributed by atoms with Crippen LogP contribution < -0.4 is 4.74 Å². The highest BCUT2D eigenvalue weighted by atomic mass is 16.5. The number of carbonyl (C=O) groups excluding carboxylic acids is 2. The van der Waals surface area contributed by atoms with Crippen LogP contribution in [-0.4, -0.2) is 11.8 Å². The van der Waals surface area contributed by atoms with Crippen molar-refractivity contribution in [3.63, 3.8) is 0 Å². The summed E-state index contributed by atoms with van der Waals surface area (Å²) in [6.45, 7) is 0. The molecule has 0 spiro atoms. The summed E-state index contributed by atoms with van der Waals surface area (Å²) >= 11 is 0. The molecule has 0 radical (unpaired) electrons. The van der Waals surface area contributed by atoms with Gasteiger partial charge in [-0.05, 0) is 41.8 Å². The van der Waals surface area contributed by atoms with E-state index in [0.717, 1.165) is 11.1 Å². The van der Waals surface area contributed by atoms with E-state index >= 15 is 0 Å². The quantitative estimate of drug-likeness (QED) is 0.620. The molecule has 3 rings (SSSR count). The lowest BCUT2D eigenvalue weighted by Gasteiger charge is -2.15. The first-order valence-electron chi connectivity index (χ1n) is 6.63. The summed E-state index contributed by atoms with van der Waals surface area (Å²) in [5, 5.41) is 0. The summed E-state index contributed by atoms with van der Waals surface area (Å²) in [4.78, 5) is 23.5. The van der Waals surface area contributed by atoms with E-state index in [1.807, 2.05) is 30.3 Å². The Morgan fingerprint density at radius 1 is 0.950 bits per heavy atom. The summed E-state index contributed by atoms with van der Waals surface area (Å²) in [7, 11) is 0. The summed E-state index contributed by atoms with van der Waals surface area (Å²) in [5.41, 5.74) is 2.63. The zero-order valence-electron chi connectivity index (χ0n) is 11.0.